The summed E-state index contributed by atoms with van der Waals surface area (Å²) in [4.78, 5) is 9.53. The van der Waals surface area contributed by atoms with Gasteiger partial charge in [-0.3, -0.25) is 4.90 Å². The molecule has 3 rings (SSSR count). The van der Waals surface area contributed by atoms with Crippen LogP contribution in [0.15, 0.2) is 11.6 Å². The second kappa shape index (κ2) is 5.86. The summed E-state index contributed by atoms with van der Waals surface area (Å²) < 4.78 is 0. The molecule has 1 unspecified atom stereocenters. The van der Waals surface area contributed by atoms with Gasteiger partial charge in [-0.25, -0.2) is 4.98 Å². The summed E-state index contributed by atoms with van der Waals surface area (Å²) in [5.41, 5.74) is 6.92. The fourth-order valence-corrected chi connectivity index (χ4v) is 4.98. The molecule has 0 spiro atoms. The molecule has 1 aliphatic heterocycles. The van der Waals surface area contributed by atoms with Gasteiger partial charge in [-0.05, 0) is 24.7 Å². The molecule has 1 aromatic rings. The van der Waals surface area contributed by atoms with E-state index in [2.05, 4.69) is 34.0 Å². The first-order chi connectivity index (χ1) is 10.0. The smallest absolute Gasteiger partial charge is 0.185 e. The van der Waals surface area contributed by atoms with Gasteiger partial charge < -0.3 is 10.6 Å². The molecule has 118 valence electrons. The van der Waals surface area contributed by atoms with Crippen molar-refractivity contribution < 1.29 is 0 Å². The third-order valence-electron chi connectivity index (χ3n) is 5.32. The zero-order chi connectivity index (χ0) is 14.9. The lowest BCUT2D eigenvalue weighted by molar-refractivity contribution is 0.00642. The van der Waals surface area contributed by atoms with Crippen molar-refractivity contribution >= 4 is 16.5 Å². The second-order valence-electron chi connectivity index (χ2n) is 7.41. The predicted octanol–water partition coefficient (Wildman–Crippen LogP) is 2.56. The van der Waals surface area contributed by atoms with Crippen LogP contribution in [-0.4, -0.2) is 48.1 Å². The molecule has 0 radical (unpaired) electrons. The lowest BCUT2D eigenvalue weighted by Gasteiger charge is -2.53. The van der Waals surface area contributed by atoms with E-state index in [1.54, 1.807) is 11.3 Å². The quantitative estimate of drug-likeness (QED) is 0.932. The van der Waals surface area contributed by atoms with Gasteiger partial charge in [0, 0.05) is 49.8 Å². The largest absolute Gasteiger partial charge is 0.346 e. The molecule has 2 aliphatic rings. The highest BCUT2D eigenvalue weighted by atomic mass is 32.1. The van der Waals surface area contributed by atoms with Gasteiger partial charge in [-0.1, -0.05) is 20.3 Å². The fraction of sp³-hybridized carbons (Fsp3) is 0.812. The van der Waals surface area contributed by atoms with Gasteiger partial charge in [-0.15, -0.1) is 11.3 Å². The Morgan fingerprint density at radius 1 is 1.24 bits per heavy atom. The first kappa shape index (κ1) is 15.3. The van der Waals surface area contributed by atoms with Crippen molar-refractivity contribution in [1.29, 1.82) is 0 Å². The van der Waals surface area contributed by atoms with Gasteiger partial charge in [-0.2, -0.15) is 0 Å². The molecule has 1 saturated heterocycles. The predicted molar refractivity (Wildman–Crippen MR) is 89.9 cm³/mol. The molecule has 1 saturated carbocycles. The van der Waals surface area contributed by atoms with Crippen LogP contribution >= 0.6 is 11.3 Å². The Labute approximate surface area is 132 Å². The van der Waals surface area contributed by atoms with Gasteiger partial charge in [0.2, 0.25) is 0 Å². The topological polar surface area (TPSA) is 45.4 Å². The Kier molecular flexibility index (Phi) is 4.26. The third-order valence-corrected chi connectivity index (χ3v) is 6.16. The molecule has 1 aromatic heterocycles. The average Bonchev–Trinajstić information content (AvgIpc) is 3.00. The minimum absolute atomic E-state index is 0.233. The summed E-state index contributed by atoms with van der Waals surface area (Å²) in [7, 11) is 0. The Hall–Kier alpha value is -0.650. The van der Waals surface area contributed by atoms with E-state index < -0.39 is 0 Å². The lowest BCUT2D eigenvalue weighted by Crippen LogP contribution is -2.62. The van der Waals surface area contributed by atoms with Gasteiger partial charge in [0.25, 0.3) is 0 Å². The highest BCUT2D eigenvalue weighted by Gasteiger charge is 2.43. The first-order valence-corrected chi connectivity index (χ1v) is 9.02. The molecular formula is C16H28N4S. The maximum absolute atomic E-state index is 6.25. The molecule has 5 heteroatoms. The van der Waals surface area contributed by atoms with E-state index in [9.17, 15) is 0 Å². The van der Waals surface area contributed by atoms with E-state index in [-0.39, 0.29) is 5.54 Å². The minimum Gasteiger partial charge on any atom is -0.346 e. The van der Waals surface area contributed by atoms with Crippen LogP contribution in [0.1, 0.15) is 39.5 Å². The van der Waals surface area contributed by atoms with Crippen molar-refractivity contribution in [2.24, 2.45) is 11.1 Å². The summed E-state index contributed by atoms with van der Waals surface area (Å²) in [6.45, 7) is 10.0. The van der Waals surface area contributed by atoms with E-state index >= 15 is 0 Å². The number of piperazine rings is 1. The van der Waals surface area contributed by atoms with Crippen molar-refractivity contribution in [2.45, 2.75) is 45.1 Å². The molecule has 0 aromatic carbocycles. The van der Waals surface area contributed by atoms with Gasteiger partial charge in [0.05, 0.1) is 0 Å². The number of nitrogens with two attached hydrogens (primary N) is 1. The van der Waals surface area contributed by atoms with Crippen LogP contribution in [0.3, 0.4) is 0 Å². The van der Waals surface area contributed by atoms with Crippen LogP contribution in [-0.2, 0) is 0 Å². The molecule has 0 amide bonds. The zero-order valence-corrected chi connectivity index (χ0v) is 14.2. The summed E-state index contributed by atoms with van der Waals surface area (Å²) in [5.74, 6) is 0. The van der Waals surface area contributed by atoms with E-state index in [1.807, 2.05) is 6.20 Å². The number of hydrogen-bond acceptors (Lipinski definition) is 5. The number of aromatic nitrogens is 1. The van der Waals surface area contributed by atoms with E-state index in [0.29, 0.717) is 5.41 Å². The molecule has 2 fully saturated rings. The Bertz CT molecular complexity index is 451. The molecule has 4 nitrogen and oxygen atoms in total. The van der Waals surface area contributed by atoms with Crippen LogP contribution < -0.4 is 10.6 Å². The Morgan fingerprint density at radius 3 is 2.57 bits per heavy atom. The highest BCUT2D eigenvalue weighted by molar-refractivity contribution is 7.13. The fourth-order valence-electron chi connectivity index (χ4n) is 4.28. The van der Waals surface area contributed by atoms with E-state index in [0.717, 1.165) is 32.7 Å². The van der Waals surface area contributed by atoms with Crippen LogP contribution in [0.5, 0.6) is 0 Å². The maximum Gasteiger partial charge on any atom is 0.185 e. The van der Waals surface area contributed by atoms with E-state index in [4.69, 9.17) is 5.73 Å². The maximum atomic E-state index is 6.25. The van der Waals surface area contributed by atoms with Crippen LogP contribution in [0, 0.1) is 5.41 Å². The number of hydrogen-bond donors (Lipinski definition) is 1. The summed E-state index contributed by atoms with van der Waals surface area (Å²) in [6, 6.07) is 0. The highest BCUT2D eigenvalue weighted by Crippen LogP contribution is 2.43. The monoisotopic (exact) mass is 308 g/mol. The van der Waals surface area contributed by atoms with Crippen LogP contribution in [0.25, 0.3) is 0 Å². The molecule has 0 bridgehead atoms. The molecular weight excluding hydrogens is 280 g/mol. The average molecular weight is 308 g/mol. The summed E-state index contributed by atoms with van der Waals surface area (Å²) in [6.07, 6.45) is 7.07. The van der Waals surface area contributed by atoms with E-state index in [1.165, 1.54) is 30.8 Å². The van der Waals surface area contributed by atoms with Crippen LogP contribution in [0.2, 0.25) is 0 Å². The normalized spacial score (nSPS) is 30.5. The molecule has 2 N–H and O–H groups in total. The Morgan fingerprint density at radius 2 is 2.00 bits per heavy atom. The number of nitrogens with zero attached hydrogens (tertiary/aromatic N) is 3. The van der Waals surface area contributed by atoms with Gasteiger partial charge in [0.1, 0.15) is 0 Å². The SMILES string of the molecule is CC1(C)CCCC(CN)(N2CCN(c3nccs3)CC2)C1. The van der Waals surface area contributed by atoms with Crippen molar-refractivity contribution in [3.05, 3.63) is 11.6 Å². The molecule has 2 heterocycles. The molecule has 21 heavy (non-hydrogen) atoms. The van der Waals surface area contributed by atoms with Crippen LogP contribution in [0.4, 0.5) is 5.13 Å². The lowest BCUT2D eigenvalue weighted by atomic mass is 9.67. The minimum atomic E-state index is 0.233. The summed E-state index contributed by atoms with van der Waals surface area (Å²) in [5, 5.41) is 3.23. The number of anilines is 1. The molecule has 1 aliphatic carbocycles. The number of thiazole rings is 1. The third kappa shape index (κ3) is 3.10. The molecule has 1 atom stereocenters. The summed E-state index contributed by atoms with van der Waals surface area (Å²) >= 11 is 1.74. The Balaban J connectivity index is 1.67. The van der Waals surface area contributed by atoms with Crippen molar-refractivity contribution in [3.8, 4) is 0 Å². The number of rotatable bonds is 3. The first-order valence-electron chi connectivity index (χ1n) is 8.14. The van der Waals surface area contributed by atoms with Gasteiger partial charge >= 0.3 is 0 Å². The zero-order valence-electron chi connectivity index (χ0n) is 13.3. The standard InChI is InChI=1S/C16H28N4S/c1-15(2)4-3-5-16(12-15,13-17)20-9-7-19(8-10-20)14-18-6-11-21-14/h6,11H,3-5,7-10,12-13,17H2,1-2H3. The van der Waals surface area contributed by atoms with Crippen molar-refractivity contribution in [1.82, 2.24) is 9.88 Å². The second-order valence-corrected chi connectivity index (χ2v) is 8.28. The van der Waals surface area contributed by atoms with Crippen molar-refractivity contribution in [2.75, 3.05) is 37.6 Å². The van der Waals surface area contributed by atoms with Crippen molar-refractivity contribution in [3.63, 3.8) is 0 Å². The van der Waals surface area contributed by atoms with Gasteiger partial charge in [0.15, 0.2) is 5.13 Å².